The van der Waals surface area contributed by atoms with Crippen LogP contribution in [-0.4, -0.2) is 44.6 Å². The molecule has 1 aromatic carbocycles. The summed E-state index contributed by atoms with van der Waals surface area (Å²) in [7, 11) is 0. The molecule has 0 spiro atoms. The summed E-state index contributed by atoms with van der Waals surface area (Å²) < 4.78 is 1.28. The molecule has 2 aliphatic heterocycles. The van der Waals surface area contributed by atoms with Crippen molar-refractivity contribution in [2.45, 2.75) is 31.6 Å². The Labute approximate surface area is 152 Å². The first-order valence-electron chi connectivity index (χ1n) is 8.66. The van der Waals surface area contributed by atoms with E-state index in [4.69, 9.17) is 9.68 Å². The molecule has 1 saturated heterocycles. The molecule has 27 heavy (non-hydrogen) atoms. The van der Waals surface area contributed by atoms with Crippen LogP contribution in [0.5, 0.6) is 0 Å². The van der Waals surface area contributed by atoms with Gasteiger partial charge in [0.15, 0.2) is 11.9 Å². The fourth-order valence-electron chi connectivity index (χ4n) is 4.01. The van der Waals surface area contributed by atoms with E-state index in [0.717, 1.165) is 0 Å². The first kappa shape index (κ1) is 16.0. The van der Waals surface area contributed by atoms with Crippen molar-refractivity contribution in [1.29, 1.82) is 0 Å². The Balaban J connectivity index is 1.50. The van der Waals surface area contributed by atoms with Gasteiger partial charge in [0.1, 0.15) is 6.10 Å². The number of carbonyl (C=O) groups is 1. The first-order chi connectivity index (χ1) is 13.0. The quantitative estimate of drug-likeness (QED) is 0.777. The normalized spacial score (nSPS) is 28.0. The second-order valence-electron chi connectivity index (χ2n) is 6.93. The molecule has 2 aromatic rings. The fraction of sp³-hybridized carbons (Fsp3) is 0.333. The van der Waals surface area contributed by atoms with Crippen molar-refractivity contribution < 1.29 is 14.5 Å². The van der Waals surface area contributed by atoms with Crippen LogP contribution in [0.15, 0.2) is 51.3 Å². The number of rotatable bonds is 1. The lowest BCUT2D eigenvalue weighted by Gasteiger charge is -2.32. The second kappa shape index (κ2) is 5.65. The number of hydroxylamine groups is 2. The highest BCUT2D eigenvalue weighted by Gasteiger charge is 2.61. The Bertz CT molecular complexity index is 1070. The lowest BCUT2D eigenvalue weighted by atomic mass is 9.98. The molecule has 1 amide bonds. The minimum Gasteiger partial charge on any atom is -0.387 e. The van der Waals surface area contributed by atoms with Crippen LogP contribution in [0, 0.1) is 12.8 Å². The van der Waals surface area contributed by atoms with Crippen LogP contribution >= 0.6 is 0 Å². The number of nitrogens with zero attached hydrogens (tertiary/aromatic N) is 3. The Morgan fingerprint density at radius 2 is 2.04 bits per heavy atom. The van der Waals surface area contributed by atoms with Gasteiger partial charge in [-0.25, -0.2) is 9.86 Å². The number of aromatic amines is 1. The minimum absolute atomic E-state index is 0.238. The van der Waals surface area contributed by atoms with Crippen LogP contribution in [-0.2, 0) is 9.68 Å². The highest BCUT2D eigenvalue weighted by atomic mass is 16.7. The maximum absolute atomic E-state index is 12.8. The number of hydrogen-bond donors (Lipinski definition) is 1. The van der Waals surface area contributed by atoms with Gasteiger partial charge in [0.25, 0.3) is 11.5 Å². The number of amides is 1. The fourth-order valence-corrected chi connectivity index (χ4v) is 4.01. The number of H-pyrrole nitrogens is 1. The molecule has 1 aliphatic carbocycles. The number of nitrogens with one attached hydrogen (secondary N) is 1. The van der Waals surface area contributed by atoms with Crippen molar-refractivity contribution in [3.63, 3.8) is 0 Å². The summed E-state index contributed by atoms with van der Waals surface area (Å²) in [6.07, 6.45) is 1.38. The van der Waals surface area contributed by atoms with Crippen LogP contribution in [0.2, 0.25) is 0 Å². The largest absolute Gasteiger partial charge is 0.387 e. The topological polar surface area (TPSA) is 106 Å². The van der Waals surface area contributed by atoms with Crippen LogP contribution in [0.25, 0.3) is 0 Å². The first-order valence-corrected chi connectivity index (χ1v) is 8.66. The molecular formula is C18H16N4O5. The zero-order valence-corrected chi connectivity index (χ0v) is 14.4. The molecule has 2 fully saturated rings. The molecule has 3 heterocycles. The highest BCUT2D eigenvalue weighted by Crippen LogP contribution is 2.45. The van der Waals surface area contributed by atoms with E-state index < -0.39 is 11.2 Å². The van der Waals surface area contributed by atoms with E-state index in [2.05, 4.69) is 10.1 Å². The maximum Gasteiger partial charge on any atom is 0.333 e. The molecule has 0 unspecified atom stereocenters. The summed E-state index contributed by atoms with van der Waals surface area (Å²) in [4.78, 5) is 50.3. The number of carbonyl (C=O) groups excluding carboxylic acids is 1. The van der Waals surface area contributed by atoms with Gasteiger partial charge in [-0.15, -0.1) is 0 Å². The lowest BCUT2D eigenvalue weighted by molar-refractivity contribution is -0.196. The molecule has 1 aromatic heterocycles. The van der Waals surface area contributed by atoms with Gasteiger partial charge in [0.2, 0.25) is 0 Å². The third-order valence-electron chi connectivity index (χ3n) is 5.31. The zero-order chi connectivity index (χ0) is 18.7. The molecule has 0 radical (unpaired) electrons. The zero-order valence-electron chi connectivity index (χ0n) is 14.4. The number of fused-ring (bicyclic) bond motifs is 5. The van der Waals surface area contributed by atoms with Gasteiger partial charge < -0.3 is 4.84 Å². The van der Waals surface area contributed by atoms with Crippen LogP contribution in [0.1, 0.15) is 22.3 Å². The third kappa shape index (κ3) is 2.28. The van der Waals surface area contributed by atoms with E-state index >= 15 is 0 Å². The van der Waals surface area contributed by atoms with Gasteiger partial charge in [-0.3, -0.25) is 24.0 Å². The standard InChI is InChI=1S/C18H16N4O5/c1-9-8-21(18(25)19-16(9)23)15-13-11-7-12(14(13)26-20-15)27-22(11)17(24)10-5-3-2-4-6-10/h2-6,8,11-14H,7H2,1H3,(H,19,23,25)/t11-,12+,13+,14-/m1/s1. The number of aryl methyl sites for hydroxylation is 1. The Morgan fingerprint density at radius 1 is 1.26 bits per heavy atom. The smallest absolute Gasteiger partial charge is 0.333 e. The van der Waals surface area contributed by atoms with Gasteiger partial charge >= 0.3 is 5.69 Å². The molecular weight excluding hydrogens is 352 g/mol. The van der Waals surface area contributed by atoms with Crippen molar-refractivity contribution in [2.75, 3.05) is 0 Å². The number of aromatic nitrogens is 2. The van der Waals surface area contributed by atoms with Gasteiger partial charge in [0, 0.05) is 23.7 Å². The van der Waals surface area contributed by atoms with Gasteiger partial charge in [-0.2, -0.15) is 0 Å². The van der Waals surface area contributed by atoms with Crippen molar-refractivity contribution in [3.05, 3.63) is 68.5 Å². The summed E-state index contributed by atoms with van der Waals surface area (Å²) in [6, 6.07) is 8.57. The Kier molecular flexibility index (Phi) is 3.35. The van der Waals surface area contributed by atoms with Gasteiger partial charge in [-0.05, 0) is 19.1 Å². The van der Waals surface area contributed by atoms with E-state index in [-0.39, 0.29) is 30.1 Å². The molecule has 9 heteroatoms. The van der Waals surface area contributed by atoms with Crippen molar-refractivity contribution in [3.8, 4) is 0 Å². The van der Waals surface area contributed by atoms with E-state index in [0.29, 0.717) is 23.4 Å². The average molecular weight is 368 g/mol. The Morgan fingerprint density at radius 3 is 2.81 bits per heavy atom. The van der Waals surface area contributed by atoms with Crippen LogP contribution in [0.3, 0.4) is 0 Å². The van der Waals surface area contributed by atoms with E-state index in [1.807, 2.05) is 6.07 Å². The maximum atomic E-state index is 12.8. The second-order valence-corrected chi connectivity index (χ2v) is 6.93. The number of hydrogen-bond acceptors (Lipinski definition) is 6. The monoisotopic (exact) mass is 368 g/mol. The molecule has 3 aliphatic rings. The molecule has 1 N–H and O–H groups in total. The summed E-state index contributed by atoms with van der Waals surface area (Å²) >= 11 is 0. The predicted octanol–water partition coefficient (Wildman–Crippen LogP) is 0.250. The molecule has 2 bridgehead atoms. The summed E-state index contributed by atoms with van der Waals surface area (Å²) in [5.41, 5.74) is -0.115. The SMILES string of the molecule is Cc1cn(C2=NO[C@H]3[C@@H]2[C@H]2C[C@@H]3ON2C(=O)c2ccccc2)c(=O)[nH]c1=O. The van der Waals surface area contributed by atoms with Crippen molar-refractivity contribution in [2.24, 2.45) is 11.1 Å². The number of benzene rings is 1. The molecule has 1 saturated carbocycles. The Hall–Kier alpha value is -3.20. The van der Waals surface area contributed by atoms with Crippen LogP contribution in [0.4, 0.5) is 0 Å². The van der Waals surface area contributed by atoms with Crippen LogP contribution < -0.4 is 11.2 Å². The minimum atomic E-state index is -0.585. The molecule has 9 nitrogen and oxygen atoms in total. The van der Waals surface area contributed by atoms with Crippen molar-refractivity contribution in [1.82, 2.24) is 14.6 Å². The van der Waals surface area contributed by atoms with Crippen molar-refractivity contribution >= 4 is 11.7 Å². The highest BCUT2D eigenvalue weighted by molar-refractivity contribution is 5.95. The van der Waals surface area contributed by atoms with E-state index in [1.54, 1.807) is 31.2 Å². The van der Waals surface area contributed by atoms with E-state index in [1.165, 1.54) is 15.8 Å². The number of oxime groups is 1. The lowest BCUT2D eigenvalue weighted by Crippen LogP contribution is -2.51. The molecule has 138 valence electrons. The summed E-state index contributed by atoms with van der Waals surface area (Å²) in [5, 5.41) is 5.44. The average Bonchev–Trinajstić information content (AvgIpc) is 3.37. The van der Waals surface area contributed by atoms with Gasteiger partial charge in [-0.1, -0.05) is 23.4 Å². The van der Waals surface area contributed by atoms with Gasteiger partial charge in [0.05, 0.1) is 12.0 Å². The van der Waals surface area contributed by atoms with E-state index in [9.17, 15) is 14.4 Å². The molecule has 5 rings (SSSR count). The molecule has 4 atom stereocenters. The predicted molar refractivity (Wildman–Crippen MR) is 93.1 cm³/mol. The summed E-state index contributed by atoms with van der Waals surface area (Å²) in [6.45, 7) is 1.61. The summed E-state index contributed by atoms with van der Waals surface area (Å²) in [5.74, 6) is -0.164. The third-order valence-corrected chi connectivity index (χ3v) is 5.31.